The van der Waals surface area contributed by atoms with Crippen molar-refractivity contribution in [3.05, 3.63) is 71.0 Å². The van der Waals surface area contributed by atoms with E-state index in [-0.39, 0.29) is 16.9 Å². The van der Waals surface area contributed by atoms with E-state index in [4.69, 9.17) is 4.74 Å². The lowest BCUT2D eigenvalue weighted by Crippen LogP contribution is -2.51. The van der Waals surface area contributed by atoms with Gasteiger partial charge in [0.2, 0.25) is 0 Å². The summed E-state index contributed by atoms with van der Waals surface area (Å²) in [7, 11) is 0. The first-order valence-corrected chi connectivity index (χ1v) is 7.39. The Balaban J connectivity index is 1.75. The standard InChI is InChI=1S/C18H11FN2O5/c19-14-4-2-1-3-12(14)17(24)26-11-7-5-10(6-8-11)9-13-15(22)20-18(25)21-16(13)23/h1-9H,(H2,20,21,22,23,25). The monoisotopic (exact) mass is 354 g/mol. The van der Waals surface area contributed by atoms with Crippen molar-refractivity contribution in [1.82, 2.24) is 10.6 Å². The molecule has 3 rings (SSSR count). The number of carbonyl (C=O) groups excluding carboxylic acids is 4. The molecule has 7 nitrogen and oxygen atoms in total. The van der Waals surface area contributed by atoms with Gasteiger partial charge in [0.05, 0.1) is 5.56 Å². The van der Waals surface area contributed by atoms with E-state index < -0.39 is 29.6 Å². The largest absolute Gasteiger partial charge is 0.423 e. The summed E-state index contributed by atoms with van der Waals surface area (Å²) in [6, 6.07) is 10.4. The molecule has 0 bridgehead atoms. The van der Waals surface area contributed by atoms with Crippen LogP contribution >= 0.6 is 0 Å². The minimum absolute atomic E-state index is 0.160. The summed E-state index contributed by atoms with van der Waals surface area (Å²) in [4.78, 5) is 46.3. The van der Waals surface area contributed by atoms with Crippen molar-refractivity contribution in [2.45, 2.75) is 0 Å². The Kier molecular flexibility index (Phi) is 4.57. The van der Waals surface area contributed by atoms with E-state index in [1.807, 2.05) is 10.6 Å². The Morgan fingerprint density at radius 1 is 0.923 bits per heavy atom. The van der Waals surface area contributed by atoms with E-state index in [1.165, 1.54) is 48.5 Å². The van der Waals surface area contributed by atoms with Gasteiger partial charge in [-0.15, -0.1) is 0 Å². The van der Waals surface area contributed by atoms with Gasteiger partial charge in [0.1, 0.15) is 17.1 Å². The second-order valence-electron chi connectivity index (χ2n) is 5.23. The molecule has 8 heteroatoms. The molecular weight excluding hydrogens is 343 g/mol. The van der Waals surface area contributed by atoms with Gasteiger partial charge < -0.3 is 4.74 Å². The van der Waals surface area contributed by atoms with Crippen LogP contribution in [0, 0.1) is 5.82 Å². The van der Waals surface area contributed by atoms with Crippen LogP contribution < -0.4 is 15.4 Å². The Bertz CT molecular complexity index is 928. The third-order valence-corrected chi connectivity index (χ3v) is 3.44. The number of esters is 1. The topological polar surface area (TPSA) is 102 Å². The Hall–Kier alpha value is -3.81. The molecule has 1 aliphatic rings. The fourth-order valence-corrected chi connectivity index (χ4v) is 2.19. The molecule has 0 spiro atoms. The van der Waals surface area contributed by atoms with E-state index in [9.17, 15) is 23.6 Å². The van der Waals surface area contributed by atoms with E-state index in [1.54, 1.807) is 0 Å². The summed E-state index contributed by atoms with van der Waals surface area (Å²) >= 11 is 0. The van der Waals surface area contributed by atoms with E-state index in [0.717, 1.165) is 6.07 Å². The zero-order valence-corrected chi connectivity index (χ0v) is 13.1. The maximum Gasteiger partial charge on any atom is 0.346 e. The van der Waals surface area contributed by atoms with Crippen molar-refractivity contribution in [1.29, 1.82) is 0 Å². The molecule has 1 heterocycles. The van der Waals surface area contributed by atoms with Gasteiger partial charge in [-0.25, -0.2) is 14.0 Å². The highest BCUT2D eigenvalue weighted by molar-refractivity contribution is 6.31. The number of ether oxygens (including phenoxy) is 1. The molecule has 0 atom stereocenters. The maximum atomic E-state index is 13.6. The number of benzene rings is 2. The SMILES string of the molecule is O=C1NC(=O)C(=Cc2ccc(OC(=O)c3ccccc3F)cc2)C(=O)N1. The second-order valence-corrected chi connectivity index (χ2v) is 5.23. The number of carbonyl (C=O) groups is 4. The van der Waals surface area contributed by atoms with Crippen molar-refractivity contribution in [2.24, 2.45) is 0 Å². The first kappa shape index (κ1) is 17.0. The third kappa shape index (κ3) is 3.64. The number of hydrogen-bond acceptors (Lipinski definition) is 5. The van der Waals surface area contributed by atoms with Gasteiger partial charge >= 0.3 is 12.0 Å². The predicted molar refractivity (Wildman–Crippen MR) is 87.5 cm³/mol. The zero-order chi connectivity index (χ0) is 18.7. The molecule has 0 aromatic heterocycles. The van der Waals surface area contributed by atoms with E-state index >= 15 is 0 Å². The molecule has 0 radical (unpaired) electrons. The van der Waals surface area contributed by atoms with Crippen molar-refractivity contribution < 1.29 is 28.3 Å². The Morgan fingerprint density at radius 2 is 1.54 bits per heavy atom. The van der Waals surface area contributed by atoms with Crippen LogP contribution in [0.5, 0.6) is 5.75 Å². The molecule has 0 unspecified atom stereocenters. The lowest BCUT2D eigenvalue weighted by atomic mass is 10.1. The number of imide groups is 2. The van der Waals surface area contributed by atoms with Crippen molar-refractivity contribution in [3.63, 3.8) is 0 Å². The summed E-state index contributed by atoms with van der Waals surface area (Å²) in [5.41, 5.74) is 0.0324. The van der Waals surface area contributed by atoms with Crippen molar-refractivity contribution in [2.75, 3.05) is 0 Å². The number of barbiturate groups is 1. The van der Waals surface area contributed by atoms with Crippen molar-refractivity contribution in [3.8, 4) is 5.75 Å². The number of nitrogens with one attached hydrogen (secondary N) is 2. The molecule has 26 heavy (non-hydrogen) atoms. The summed E-state index contributed by atoms with van der Waals surface area (Å²) < 4.78 is 18.6. The van der Waals surface area contributed by atoms with Crippen LogP contribution in [0.2, 0.25) is 0 Å². The van der Waals surface area contributed by atoms with Gasteiger partial charge in [-0.2, -0.15) is 0 Å². The summed E-state index contributed by atoms with van der Waals surface area (Å²) in [6.45, 7) is 0. The number of rotatable bonds is 3. The molecule has 1 saturated heterocycles. The number of halogens is 1. The molecule has 0 saturated carbocycles. The van der Waals surface area contributed by atoms with Crippen LogP contribution in [0.1, 0.15) is 15.9 Å². The Morgan fingerprint density at radius 3 is 2.15 bits per heavy atom. The molecule has 0 aliphatic carbocycles. The van der Waals surface area contributed by atoms with Gasteiger partial charge in [-0.1, -0.05) is 24.3 Å². The van der Waals surface area contributed by atoms with Gasteiger partial charge in [-0.3, -0.25) is 20.2 Å². The molecule has 1 aliphatic heterocycles. The van der Waals surface area contributed by atoms with Gasteiger partial charge in [0.25, 0.3) is 11.8 Å². The first-order chi connectivity index (χ1) is 12.4. The van der Waals surface area contributed by atoms with Crippen molar-refractivity contribution >= 4 is 29.9 Å². The highest BCUT2D eigenvalue weighted by Gasteiger charge is 2.27. The fraction of sp³-hybridized carbons (Fsp3) is 0. The lowest BCUT2D eigenvalue weighted by molar-refractivity contribution is -0.123. The maximum absolute atomic E-state index is 13.6. The second kappa shape index (κ2) is 6.98. The highest BCUT2D eigenvalue weighted by atomic mass is 19.1. The molecule has 130 valence electrons. The van der Waals surface area contributed by atoms with Crippen LogP contribution in [-0.4, -0.2) is 23.8 Å². The molecule has 2 aromatic carbocycles. The molecule has 2 aromatic rings. The number of hydrogen-bond donors (Lipinski definition) is 2. The predicted octanol–water partition coefficient (Wildman–Crippen LogP) is 1.79. The van der Waals surface area contributed by atoms with Crippen LogP contribution in [-0.2, 0) is 9.59 Å². The summed E-state index contributed by atoms with van der Waals surface area (Å²) in [5.74, 6) is -3.00. The summed E-state index contributed by atoms with van der Waals surface area (Å²) in [6.07, 6.45) is 1.28. The quantitative estimate of drug-likeness (QED) is 0.379. The van der Waals surface area contributed by atoms with Crippen LogP contribution in [0.3, 0.4) is 0 Å². The average Bonchev–Trinajstić information content (AvgIpc) is 2.60. The first-order valence-electron chi connectivity index (χ1n) is 7.39. The third-order valence-electron chi connectivity index (χ3n) is 3.44. The fourth-order valence-electron chi connectivity index (χ4n) is 2.19. The normalized spacial score (nSPS) is 13.7. The lowest BCUT2D eigenvalue weighted by Gasteiger charge is -2.13. The van der Waals surface area contributed by atoms with Crippen LogP contribution in [0.15, 0.2) is 54.1 Å². The minimum Gasteiger partial charge on any atom is -0.423 e. The smallest absolute Gasteiger partial charge is 0.346 e. The Labute approximate surface area is 146 Å². The summed E-state index contributed by atoms with van der Waals surface area (Å²) in [5, 5.41) is 3.92. The molecule has 1 fully saturated rings. The molecule has 4 amide bonds. The minimum atomic E-state index is -0.882. The number of amides is 4. The van der Waals surface area contributed by atoms with Crippen LogP contribution in [0.25, 0.3) is 6.08 Å². The van der Waals surface area contributed by atoms with E-state index in [0.29, 0.717) is 5.56 Å². The van der Waals surface area contributed by atoms with E-state index in [2.05, 4.69) is 0 Å². The van der Waals surface area contributed by atoms with Gasteiger partial charge in [0, 0.05) is 0 Å². The highest BCUT2D eigenvalue weighted by Crippen LogP contribution is 2.18. The average molecular weight is 354 g/mol. The van der Waals surface area contributed by atoms with Crippen LogP contribution in [0.4, 0.5) is 9.18 Å². The zero-order valence-electron chi connectivity index (χ0n) is 13.1. The molecular formula is C18H11FN2O5. The number of urea groups is 1. The van der Waals surface area contributed by atoms with Gasteiger partial charge in [0.15, 0.2) is 0 Å². The van der Waals surface area contributed by atoms with Gasteiger partial charge in [-0.05, 0) is 35.9 Å². The molecule has 2 N–H and O–H groups in total.